The number of likely N-dealkylation sites (tertiary alicyclic amines) is 2. The van der Waals surface area contributed by atoms with E-state index in [0.29, 0.717) is 26.2 Å². The van der Waals surface area contributed by atoms with Gasteiger partial charge in [0.25, 0.3) is 5.91 Å². The molecule has 3 heterocycles. The predicted octanol–water partition coefficient (Wildman–Crippen LogP) is 2.65. The van der Waals surface area contributed by atoms with Gasteiger partial charge in [-0.25, -0.2) is 0 Å². The summed E-state index contributed by atoms with van der Waals surface area (Å²) in [5.41, 5.74) is 0.248. The average Bonchev–Trinajstić information content (AvgIpc) is 3.20. The summed E-state index contributed by atoms with van der Waals surface area (Å²) >= 11 is 1.53. The number of rotatable bonds is 5. The highest BCUT2D eigenvalue weighted by molar-refractivity contribution is 7.08. The first-order chi connectivity index (χ1) is 12.1. The molecule has 0 spiro atoms. The topological polar surface area (TPSA) is 49.9 Å². The minimum Gasteiger partial charge on any atom is -0.466 e. The van der Waals surface area contributed by atoms with Crippen molar-refractivity contribution < 1.29 is 14.3 Å². The zero-order chi connectivity index (χ0) is 17.9. The molecule has 2 fully saturated rings. The van der Waals surface area contributed by atoms with Crippen molar-refractivity contribution in [1.82, 2.24) is 9.80 Å². The normalized spacial score (nSPS) is 26.8. The third-order valence-electron chi connectivity index (χ3n) is 5.38. The van der Waals surface area contributed by atoms with Crippen molar-refractivity contribution in [3.05, 3.63) is 35.0 Å². The molecule has 0 radical (unpaired) electrons. The maximum Gasteiger partial charge on any atom is 0.313 e. The third kappa shape index (κ3) is 3.51. The molecule has 6 heteroatoms. The molecule has 136 valence electrons. The van der Waals surface area contributed by atoms with E-state index in [4.69, 9.17) is 4.74 Å². The lowest BCUT2D eigenvalue weighted by Gasteiger charge is -2.31. The van der Waals surface area contributed by atoms with E-state index in [0.717, 1.165) is 31.5 Å². The fourth-order valence-corrected chi connectivity index (χ4v) is 4.85. The Morgan fingerprint density at radius 3 is 3.00 bits per heavy atom. The molecule has 0 saturated carbocycles. The molecule has 2 aliphatic heterocycles. The van der Waals surface area contributed by atoms with E-state index in [1.807, 2.05) is 34.7 Å². The molecule has 25 heavy (non-hydrogen) atoms. The Kier molecular flexibility index (Phi) is 5.59. The van der Waals surface area contributed by atoms with Gasteiger partial charge in [0.15, 0.2) is 0 Å². The Hall–Kier alpha value is -1.66. The second kappa shape index (κ2) is 7.70. The number of fused-ring (bicyclic) bond motifs is 1. The zero-order valence-corrected chi connectivity index (χ0v) is 15.6. The highest BCUT2D eigenvalue weighted by atomic mass is 32.1. The average molecular weight is 362 g/mol. The number of thiophene rings is 1. The van der Waals surface area contributed by atoms with Crippen LogP contribution in [-0.2, 0) is 9.53 Å². The summed E-state index contributed by atoms with van der Waals surface area (Å²) in [6.07, 6.45) is 3.48. The molecule has 1 aromatic rings. The van der Waals surface area contributed by atoms with Crippen LogP contribution in [0.1, 0.15) is 30.1 Å². The van der Waals surface area contributed by atoms with Crippen molar-refractivity contribution in [2.45, 2.75) is 19.8 Å². The van der Waals surface area contributed by atoms with Gasteiger partial charge in [0, 0.05) is 44.0 Å². The largest absolute Gasteiger partial charge is 0.466 e. The number of nitrogens with zero attached hydrogens (tertiary/aromatic N) is 2. The molecule has 2 aliphatic rings. The molecule has 0 aliphatic carbocycles. The van der Waals surface area contributed by atoms with Gasteiger partial charge in [-0.2, -0.15) is 11.3 Å². The Morgan fingerprint density at radius 2 is 2.32 bits per heavy atom. The lowest BCUT2D eigenvalue weighted by molar-refractivity contribution is -0.157. The van der Waals surface area contributed by atoms with Crippen LogP contribution in [0, 0.1) is 11.3 Å². The summed E-state index contributed by atoms with van der Waals surface area (Å²) in [6.45, 7) is 9.64. The van der Waals surface area contributed by atoms with Crippen molar-refractivity contribution in [3.63, 3.8) is 0 Å². The Labute approximate surface area is 153 Å². The summed E-state index contributed by atoms with van der Waals surface area (Å²) in [5, 5.41) is 3.82. The standard InChI is InChI=1S/C19H26N2O3S/c1-3-8-20-11-16-12-21(17(22)15-6-10-25-13-15)9-5-7-19(16,14-20)18(23)24-4-2/h3,6,10,13,16H,1,4-5,7-9,11-12,14H2,2H3/t16-,19+/m1/s1. The van der Waals surface area contributed by atoms with E-state index in [9.17, 15) is 9.59 Å². The molecular formula is C19H26N2O3S. The quantitative estimate of drug-likeness (QED) is 0.597. The van der Waals surface area contributed by atoms with E-state index >= 15 is 0 Å². The van der Waals surface area contributed by atoms with Crippen LogP contribution in [0.3, 0.4) is 0 Å². The number of esters is 1. The fourth-order valence-electron chi connectivity index (χ4n) is 4.22. The van der Waals surface area contributed by atoms with Crippen LogP contribution in [0.5, 0.6) is 0 Å². The Bertz CT molecular complexity index is 631. The van der Waals surface area contributed by atoms with Crippen molar-refractivity contribution in [1.29, 1.82) is 0 Å². The molecule has 1 aromatic heterocycles. The van der Waals surface area contributed by atoms with E-state index in [-0.39, 0.29) is 17.8 Å². The molecule has 2 atom stereocenters. The molecule has 3 rings (SSSR count). The maximum atomic E-state index is 12.8. The summed E-state index contributed by atoms with van der Waals surface area (Å²) in [5.74, 6) is 0.0797. The van der Waals surface area contributed by atoms with Crippen molar-refractivity contribution in [3.8, 4) is 0 Å². The Morgan fingerprint density at radius 1 is 1.48 bits per heavy atom. The number of amides is 1. The maximum absolute atomic E-state index is 12.8. The van der Waals surface area contributed by atoms with Crippen LogP contribution in [-0.4, -0.2) is 61.0 Å². The predicted molar refractivity (Wildman–Crippen MR) is 98.6 cm³/mol. The van der Waals surface area contributed by atoms with Crippen LogP contribution in [0.2, 0.25) is 0 Å². The second-order valence-electron chi connectivity index (χ2n) is 6.92. The third-order valence-corrected chi connectivity index (χ3v) is 6.07. The smallest absolute Gasteiger partial charge is 0.313 e. The van der Waals surface area contributed by atoms with Crippen LogP contribution in [0.25, 0.3) is 0 Å². The summed E-state index contributed by atoms with van der Waals surface area (Å²) in [7, 11) is 0. The number of ether oxygens (including phenoxy) is 1. The minimum atomic E-state index is -0.497. The molecule has 0 unspecified atom stereocenters. The second-order valence-corrected chi connectivity index (χ2v) is 7.70. The van der Waals surface area contributed by atoms with Gasteiger partial charge in [-0.1, -0.05) is 6.08 Å². The molecule has 1 amide bonds. The van der Waals surface area contributed by atoms with E-state index < -0.39 is 5.41 Å². The molecular weight excluding hydrogens is 336 g/mol. The SMILES string of the molecule is C=CCN1C[C@@H]2CN(C(=O)c3ccsc3)CCC[C@]2(C(=O)OCC)C1. The van der Waals surface area contributed by atoms with Gasteiger partial charge in [0.1, 0.15) is 0 Å². The molecule has 2 saturated heterocycles. The zero-order valence-electron chi connectivity index (χ0n) is 14.8. The van der Waals surface area contributed by atoms with Gasteiger partial charge in [-0.15, -0.1) is 6.58 Å². The van der Waals surface area contributed by atoms with Gasteiger partial charge in [-0.05, 0) is 31.2 Å². The molecule has 0 bridgehead atoms. The summed E-state index contributed by atoms with van der Waals surface area (Å²) in [4.78, 5) is 29.8. The lowest BCUT2D eigenvalue weighted by Crippen LogP contribution is -2.43. The minimum absolute atomic E-state index is 0.0723. The first-order valence-corrected chi connectivity index (χ1v) is 9.87. The van der Waals surface area contributed by atoms with Gasteiger partial charge in [-0.3, -0.25) is 14.5 Å². The van der Waals surface area contributed by atoms with Gasteiger partial charge in [0.2, 0.25) is 0 Å². The number of hydrogen-bond acceptors (Lipinski definition) is 5. The number of carbonyl (C=O) groups excluding carboxylic acids is 2. The van der Waals surface area contributed by atoms with Gasteiger partial charge < -0.3 is 9.64 Å². The van der Waals surface area contributed by atoms with Crippen LogP contribution in [0.4, 0.5) is 0 Å². The molecule has 5 nitrogen and oxygen atoms in total. The van der Waals surface area contributed by atoms with Gasteiger partial charge in [0.05, 0.1) is 17.6 Å². The molecule has 0 N–H and O–H groups in total. The fraction of sp³-hybridized carbons (Fsp3) is 0.579. The number of carbonyl (C=O) groups is 2. The van der Waals surface area contributed by atoms with Crippen LogP contribution < -0.4 is 0 Å². The lowest BCUT2D eigenvalue weighted by atomic mass is 9.75. The van der Waals surface area contributed by atoms with Crippen LogP contribution in [0.15, 0.2) is 29.5 Å². The van der Waals surface area contributed by atoms with E-state index in [1.165, 1.54) is 11.3 Å². The highest BCUT2D eigenvalue weighted by Gasteiger charge is 2.54. The Balaban J connectivity index is 1.83. The van der Waals surface area contributed by atoms with Gasteiger partial charge >= 0.3 is 5.97 Å². The van der Waals surface area contributed by atoms with E-state index in [2.05, 4.69) is 11.5 Å². The van der Waals surface area contributed by atoms with Crippen LogP contribution >= 0.6 is 11.3 Å². The summed E-state index contributed by atoms with van der Waals surface area (Å²) < 4.78 is 5.44. The van der Waals surface area contributed by atoms with E-state index in [1.54, 1.807) is 0 Å². The van der Waals surface area contributed by atoms with Crippen molar-refractivity contribution in [2.75, 3.05) is 39.3 Å². The number of hydrogen-bond donors (Lipinski definition) is 0. The van der Waals surface area contributed by atoms with Crippen molar-refractivity contribution in [2.24, 2.45) is 11.3 Å². The summed E-state index contributed by atoms with van der Waals surface area (Å²) in [6, 6.07) is 1.87. The first-order valence-electron chi connectivity index (χ1n) is 8.92. The van der Waals surface area contributed by atoms with Crippen molar-refractivity contribution >= 4 is 23.2 Å². The monoisotopic (exact) mass is 362 g/mol. The first kappa shape index (κ1) is 18.1. The highest BCUT2D eigenvalue weighted by Crippen LogP contribution is 2.43. The molecule has 0 aromatic carbocycles.